The number of carbonyl (C=O) groups excluding carboxylic acids is 1. The Bertz CT molecular complexity index is 719. The lowest BCUT2D eigenvalue weighted by Gasteiger charge is -2.30. The number of hydrogen-bond acceptors (Lipinski definition) is 3. The third-order valence-electron chi connectivity index (χ3n) is 4.59. The minimum Gasteiger partial charge on any atom is -0.492 e. The summed E-state index contributed by atoms with van der Waals surface area (Å²) >= 11 is 0. The number of fused-ring (bicyclic) bond motifs is 1. The molecule has 5 heteroatoms. The summed E-state index contributed by atoms with van der Waals surface area (Å²) in [4.78, 5) is 14.7. The van der Waals surface area contributed by atoms with Gasteiger partial charge in [0.25, 0.3) is 5.91 Å². The third-order valence-corrected chi connectivity index (χ3v) is 4.59. The van der Waals surface area contributed by atoms with E-state index in [-0.39, 0.29) is 5.91 Å². The zero-order valence-corrected chi connectivity index (χ0v) is 15.1. The van der Waals surface area contributed by atoms with Crippen molar-refractivity contribution in [3.63, 3.8) is 0 Å². The van der Waals surface area contributed by atoms with Gasteiger partial charge in [-0.2, -0.15) is 0 Å². The molecule has 0 saturated carbocycles. The lowest BCUT2D eigenvalue weighted by molar-refractivity contribution is 0.0697. The van der Waals surface area contributed by atoms with Crippen molar-refractivity contribution in [2.45, 2.75) is 26.8 Å². The normalized spacial score (nSPS) is 14.1. The largest absolute Gasteiger partial charge is 0.492 e. The lowest BCUT2D eigenvalue weighted by atomic mass is 10.1. The van der Waals surface area contributed by atoms with Gasteiger partial charge in [-0.3, -0.25) is 4.79 Å². The molecule has 0 aliphatic carbocycles. The fourth-order valence-corrected chi connectivity index (χ4v) is 3.16. The van der Waals surface area contributed by atoms with Crippen molar-refractivity contribution in [3.8, 4) is 17.0 Å². The molecule has 1 aromatic carbocycles. The topological polar surface area (TPSA) is 60.5 Å². The van der Waals surface area contributed by atoms with Crippen LogP contribution in [0.5, 0.6) is 5.75 Å². The van der Waals surface area contributed by atoms with Crippen molar-refractivity contribution in [2.75, 3.05) is 26.2 Å². The molecule has 0 fully saturated rings. The third kappa shape index (κ3) is 3.87. The molecular weight excluding hydrogens is 314 g/mol. The summed E-state index contributed by atoms with van der Waals surface area (Å²) in [6, 6.07) is 11.9. The maximum atomic E-state index is 12.7. The summed E-state index contributed by atoms with van der Waals surface area (Å²) in [7, 11) is 0. The van der Waals surface area contributed by atoms with Gasteiger partial charge in [-0.1, -0.05) is 13.8 Å². The Morgan fingerprint density at radius 1 is 1.08 bits per heavy atom. The predicted molar refractivity (Wildman–Crippen MR) is 99.8 cm³/mol. The first-order chi connectivity index (χ1) is 12.1. The molecule has 25 heavy (non-hydrogen) atoms. The number of aromatic nitrogens is 1. The van der Waals surface area contributed by atoms with Crippen molar-refractivity contribution in [3.05, 3.63) is 42.1 Å². The van der Waals surface area contributed by atoms with Crippen LogP contribution in [-0.2, 0) is 6.54 Å². The van der Waals surface area contributed by atoms with E-state index in [2.05, 4.69) is 18.4 Å². The van der Waals surface area contributed by atoms with Crippen molar-refractivity contribution in [1.29, 1.82) is 0 Å². The van der Waals surface area contributed by atoms with Crippen LogP contribution in [-0.4, -0.2) is 41.6 Å². The van der Waals surface area contributed by atoms with E-state index in [1.54, 1.807) is 0 Å². The van der Waals surface area contributed by atoms with Gasteiger partial charge in [0, 0.05) is 31.9 Å². The highest BCUT2D eigenvalue weighted by Crippen LogP contribution is 2.27. The standard InChI is InChI=1S/C20H27N3O2/c1-15(2)9-11-22-12-13-23-18(7-8-19(23)20(22)24)16-3-5-17(6-4-16)25-14-10-21/h3-8,15H,9-14,21H2,1-2H3. The molecule has 0 atom stereocenters. The molecule has 0 radical (unpaired) electrons. The Kier molecular flexibility index (Phi) is 5.43. The number of rotatable bonds is 7. The molecule has 5 nitrogen and oxygen atoms in total. The summed E-state index contributed by atoms with van der Waals surface area (Å²) in [6.45, 7) is 7.85. The van der Waals surface area contributed by atoms with E-state index in [1.807, 2.05) is 41.3 Å². The molecule has 1 aliphatic rings. The van der Waals surface area contributed by atoms with Gasteiger partial charge in [-0.05, 0) is 54.3 Å². The smallest absolute Gasteiger partial charge is 0.270 e. The van der Waals surface area contributed by atoms with Crippen LogP contribution in [0.2, 0.25) is 0 Å². The summed E-state index contributed by atoms with van der Waals surface area (Å²) in [6.07, 6.45) is 1.05. The van der Waals surface area contributed by atoms with E-state index in [0.717, 1.165) is 48.8 Å². The molecule has 0 spiro atoms. The van der Waals surface area contributed by atoms with Crippen molar-refractivity contribution in [1.82, 2.24) is 9.47 Å². The zero-order valence-electron chi connectivity index (χ0n) is 15.1. The van der Waals surface area contributed by atoms with E-state index < -0.39 is 0 Å². The van der Waals surface area contributed by atoms with Crippen LogP contribution in [0.3, 0.4) is 0 Å². The van der Waals surface area contributed by atoms with Crippen LogP contribution in [0.25, 0.3) is 11.3 Å². The first kappa shape index (κ1) is 17.5. The van der Waals surface area contributed by atoms with Gasteiger partial charge >= 0.3 is 0 Å². The van der Waals surface area contributed by atoms with Gasteiger partial charge in [0.1, 0.15) is 18.1 Å². The molecule has 0 saturated heterocycles. The van der Waals surface area contributed by atoms with Gasteiger partial charge in [-0.15, -0.1) is 0 Å². The average molecular weight is 341 g/mol. The Hall–Kier alpha value is -2.27. The van der Waals surface area contributed by atoms with Gasteiger partial charge in [0.2, 0.25) is 0 Å². The molecule has 2 aromatic rings. The highest BCUT2D eigenvalue weighted by atomic mass is 16.5. The number of benzene rings is 1. The molecule has 1 aliphatic heterocycles. The number of nitrogens with two attached hydrogens (primary N) is 1. The van der Waals surface area contributed by atoms with Gasteiger partial charge in [0.15, 0.2) is 0 Å². The van der Waals surface area contributed by atoms with E-state index in [0.29, 0.717) is 19.1 Å². The van der Waals surface area contributed by atoms with Crippen molar-refractivity contribution >= 4 is 5.91 Å². The fourth-order valence-electron chi connectivity index (χ4n) is 3.16. The Morgan fingerprint density at radius 2 is 1.80 bits per heavy atom. The summed E-state index contributed by atoms with van der Waals surface area (Å²) in [5, 5.41) is 0. The van der Waals surface area contributed by atoms with Crippen LogP contribution >= 0.6 is 0 Å². The minimum absolute atomic E-state index is 0.140. The van der Waals surface area contributed by atoms with Crippen LogP contribution in [0, 0.1) is 5.92 Å². The number of nitrogens with zero attached hydrogens (tertiary/aromatic N) is 2. The van der Waals surface area contributed by atoms with Crippen molar-refractivity contribution in [2.24, 2.45) is 11.7 Å². The number of carbonyl (C=O) groups is 1. The maximum Gasteiger partial charge on any atom is 0.270 e. The number of amides is 1. The second kappa shape index (κ2) is 7.74. The molecule has 1 amide bonds. The summed E-state index contributed by atoms with van der Waals surface area (Å²) < 4.78 is 7.65. The molecule has 2 N–H and O–H groups in total. The summed E-state index contributed by atoms with van der Waals surface area (Å²) in [5.74, 6) is 1.56. The molecule has 0 unspecified atom stereocenters. The monoisotopic (exact) mass is 341 g/mol. The molecule has 2 heterocycles. The second-order valence-corrected chi connectivity index (χ2v) is 6.89. The van der Waals surface area contributed by atoms with Gasteiger partial charge in [-0.25, -0.2) is 0 Å². The fraction of sp³-hybridized carbons (Fsp3) is 0.450. The quantitative estimate of drug-likeness (QED) is 0.842. The number of hydrogen-bond donors (Lipinski definition) is 1. The Balaban J connectivity index is 1.76. The van der Waals surface area contributed by atoms with Crippen LogP contribution in [0.1, 0.15) is 30.8 Å². The van der Waals surface area contributed by atoms with E-state index in [4.69, 9.17) is 10.5 Å². The van der Waals surface area contributed by atoms with E-state index in [9.17, 15) is 4.79 Å². The zero-order chi connectivity index (χ0) is 17.8. The van der Waals surface area contributed by atoms with Gasteiger partial charge < -0.3 is 19.9 Å². The number of ether oxygens (including phenoxy) is 1. The van der Waals surface area contributed by atoms with Crippen LogP contribution in [0.4, 0.5) is 0 Å². The van der Waals surface area contributed by atoms with E-state index in [1.165, 1.54) is 0 Å². The average Bonchev–Trinajstić information content (AvgIpc) is 3.04. The Morgan fingerprint density at radius 3 is 2.48 bits per heavy atom. The molecule has 134 valence electrons. The van der Waals surface area contributed by atoms with E-state index >= 15 is 0 Å². The molecule has 0 bridgehead atoms. The Labute approximate surface area is 149 Å². The SMILES string of the molecule is CC(C)CCN1CCn2c(ccc2-c2ccc(OCCN)cc2)C1=O. The van der Waals surface area contributed by atoms with Crippen LogP contribution < -0.4 is 10.5 Å². The molecular formula is C20H27N3O2. The highest BCUT2D eigenvalue weighted by Gasteiger charge is 2.26. The second-order valence-electron chi connectivity index (χ2n) is 6.89. The van der Waals surface area contributed by atoms with Gasteiger partial charge in [0.05, 0.1) is 0 Å². The first-order valence-electron chi connectivity index (χ1n) is 9.02. The molecule has 1 aromatic heterocycles. The first-order valence-corrected chi connectivity index (χ1v) is 9.02. The highest BCUT2D eigenvalue weighted by molar-refractivity contribution is 5.94. The minimum atomic E-state index is 0.140. The lowest BCUT2D eigenvalue weighted by Crippen LogP contribution is -2.41. The van der Waals surface area contributed by atoms with Crippen molar-refractivity contribution < 1.29 is 9.53 Å². The maximum absolute atomic E-state index is 12.7. The van der Waals surface area contributed by atoms with Crippen LogP contribution in [0.15, 0.2) is 36.4 Å². The predicted octanol–water partition coefficient (Wildman–Crippen LogP) is 2.99. The molecule has 3 rings (SSSR count). The summed E-state index contributed by atoms with van der Waals surface area (Å²) in [5.41, 5.74) is 8.42.